The summed E-state index contributed by atoms with van der Waals surface area (Å²) in [6.07, 6.45) is 1.81. The minimum absolute atomic E-state index is 0.100. The largest absolute Gasteiger partial charge is 0.444 e. The van der Waals surface area contributed by atoms with Gasteiger partial charge in [0.05, 0.1) is 0 Å². The summed E-state index contributed by atoms with van der Waals surface area (Å²) in [5.41, 5.74) is 0.731. The molecule has 5 heteroatoms. The number of benzene rings is 1. The average Bonchev–Trinajstić information content (AvgIpc) is 2.48. The van der Waals surface area contributed by atoms with Crippen molar-refractivity contribution in [3.8, 4) is 0 Å². The number of carbonyl (C=O) groups excluding carboxylic acids is 1. The van der Waals surface area contributed by atoms with Crippen LogP contribution in [0.25, 0.3) is 0 Å². The fraction of sp³-hybridized carbons (Fsp3) is 0.632. The van der Waals surface area contributed by atoms with E-state index in [0.29, 0.717) is 0 Å². The van der Waals surface area contributed by atoms with Gasteiger partial charge >= 0.3 is 6.09 Å². The molecule has 1 aliphatic heterocycles. The van der Waals surface area contributed by atoms with Gasteiger partial charge in [0.15, 0.2) is 0 Å². The van der Waals surface area contributed by atoms with Crippen LogP contribution in [-0.2, 0) is 4.74 Å². The first kappa shape index (κ1) is 19.1. The van der Waals surface area contributed by atoms with E-state index in [1.165, 1.54) is 5.56 Å². The zero-order valence-electron chi connectivity index (χ0n) is 15.3. The van der Waals surface area contributed by atoms with Crippen LogP contribution in [0.5, 0.6) is 0 Å². The van der Waals surface area contributed by atoms with Crippen molar-refractivity contribution in [1.82, 2.24) is 10.2 Å². The van der Waals surface area contributed by atoms with Gasteiger partial charge in [0, 0.05) is 29.7 Å². The number of hydrogen-bond donors (Lipinski definition) is 1. The topological polar surface area (TPSA) is 41.6 Å². The van der Waals surface area contributed by atoms with Crippen LogP contribution in [0.3, 0.4) is 0 Å². The number of halogens is 1. The van der Waals surface area contributed by atoms with Crippen molar-refractivity contribution in [2.24, 2.45) is 0 Å². The Morgan fingerprint density at radius 2 is 1.96 bits per heavy atom. The number of hydrogen-bond acceptors (Lipinski definition) is 3. The van der Waals surface area contributed by atoms with Gasteiger partial charge in [-0.25, -0.2) is 4.79 Å². The van der Waals surface area contributed by atoms with Crippen molar-refractivity contribution in [1.29, 1.82) is 0 Å². The minimum atomic E-state index is -0.465. The summed E-state index contributed by atoms with van der Waals surface area (Å²) in [7, 11) is 0. The third-order valence-electron chi connectivity index (χ3n) is 4.45. The molecule has 0 spiro atoms. The van der Waals surface area contributed by atoms with Gasteiger partial charge in [-0.05, 0) is 65.2 Å². The molecule has 3 atom stereocenters. The van der Waals surface area contributed by atoms with E-state index in [1.807, 2.05) is 49.9 Å². The minimum Gasteiger partial charge on any atom is -0.444 e. The second-order valence-corrected chi connectivity index (χ2v) is 8.04. The highest BCUT2D eigenvalue weighted by Gasteiger charge is 2.34. The lowest BCUT2D eigenvalue weighted by Gasteiger charge is -2.41. The summed E-state index contributed by atoms with van der Waals surface area (Å²) in [5.74, 6) is 0. The van der Waals surface area contributed by atoms with E-state index in [2.05, 4.69) is 19.2 Å². The molecule has 0 saturated carbocycles. The lowest BCUT2D eigenvalue weighted by Crippen LogP contribution is -2.55. The highest BCUT2D eigenvalue weighted by atomic mass is 35.5. The first-order valence-corrected chi connectivity index (χ1v) is 9.06. The van der Waals surface area contributed by atoms with Crippen molar-refractivity contribution < 1.29 is 9.53 Å². The van der Waals surface area contributed by atoms with E-state index >= 15 is 0 Å². The molecule has 0 aliphatic carbocycles. The summed E-state index contributed by atoms with van der Waals surface area (Å²) in [5, 5.41) is 4.40. The first-order valence-electron chi connectivity index (χ1n) is 8.68. The molecule has 1 heterocycles. The monoisotopic (exact) mass is 352 g/mol. The van der Waals surface area contributed by atoms with E-state index in [4.69, 9.17) is 16.3 Å². The number of nitrogens with one attached hydrogen (secondary N) is 1. The zero-order chi connectivity index (χ0) is 17.9. The Morgan fingerprint density at radius 3 is 2.54 bits per heavy atom. The van der Waals surface area contributed by atoms with Crippen LogP contribution in [0.2, 0.25) is 5.02 Å². The molecule has 1 amide bonds. The summed E-state index contributed by atoms with van der Waals surface area (Å²) in [6.45, 7) is 10.7. The number of rotatable bonds is 3. The lowest BCUT2D eigenvalue weighted by molar-refractivity contribution is 0.00643. The molecule has 1 aromatic rings. The van der Waals surface area contributed by atoms with Gasteiger partial charge in [0.25, 0.3) is 0 Å². The molecule has 2 rings (SSSR count). The van der Waals surface area contributed by atoms with Crippen LogP contribution < -0.4 is 5.32 Å². The molecule has 0 bridgehead atoms. The highest BCUT2D eigenvalue weighted by Crippen LogP contribution is 2.24. The number of piperidine rings is 1. The van der Waals surface area contributed by atoms with Crippen LogP contribution in [0.15, 0.2) is 24.3 Å². The van der Waals surface area contributed by atoms with Gasteiger partial charge in [0.2, 0.25) is 0 Å². The summed E-state index contributed by atoms with van der Waals surface area (Å²) < 4.78 is 5.54. The fourth-order valence-corrected chi connectivity index (χ4v) is 3.24. The Morgan fingerprint density at radius 1 is 1.33 bits per heavy atom. The van der Waals surface area contributed by atoms with Gasteiger partial charge in [-0.3, -0.25) is 0 Å². The molecule has 1 aliphatic rings. The second-order valence-electron chi connectivity index (χ2n) is 7.60. The number of carbonyl (C=O) groups is 1. The molecule has 3 unspecified atom stereocenters. The molecule has 1 aromatic carbocycles. The first-order chi connectivity index (χ1) is 11.2. The summed E-state index contributed by atoms with van der Waals surface area (Å²) >= 11 is 5.96. The molecule has 0 radical (unpaired) electrons. The third kappa shape index (κ3) is 5.12. The van der Waals surface area contributed by atoms with Crippen molar-refractivity contribution in [2.45, 2.75) is 71.2 Å². The Bertz CT molecular complexity index is 553. The molecular weight excluding hydrogens is 324 g/mol. The fourth-order valence-electron chi connectivity index (χ4n) is 3.11. The summed E-state index contributed by atoms with van der Waals surface area (Å²) in [4.78, 5) is 14.3. The SMILES string of the molecule is CC(NC1CCCN(C(=O)OC(C)(C)C)C1C)c1ccc(Cl)cc1. The molecule has 24 heavy (non-hydrogen) atoms. The van der Waals surface area contributed by atoms with E-state index in [9.17, 15) is 4.79 Å². The molecule has 1 saturated heterocycles. The number of nitrogens with zero attached hydrogens (tertiary/aromatic N) is 1. The predicted octanol–water partition coefficient (Wildman–Crippen LogP) is 4.78. The Hall–Kier alpha value is -1.26. The average molecular weight is 353 g/mol. The van der Waals surface area contributed by atoms with Crippen molar-refractivity contribution in [3.05, 3.63) is 34.9 Å². The molecule has 0 aromatic heterocycles. The van der Waals surface area contributed by atoms with Crippen molar-refractivity contribution >= 4 is 17.7 Å². The Kier molecular flexibility index (Phi) is 6.16. The summed E-state index contributed by atoms with van der Waals surface area (Å²) in [6, 6.07) is 8.45. The molecule has 1 N–H and O–H groups in total. The maximum absolute atomic E-state index is 12.4. The Balaban J connectivity index is 2.00. The smallest absolute Gasteiger partial charge is 0.410 e. The normalized spacial score (nSPS) is 23.0. The van der Waals surface area contributed by atoms with Crippen LogP contribution in [0.1, 0.15) is 59.1 Å². The number of ether oxygens (including phenoxy) is 1. The van der Waals surface area contributed by atoms with Gasteiger partial charge in [0.1, 0.15) is 5.60 Å². The van der Waals surface area contributed by atoms with Gasteiger partial charge in [-0.15, -0.1) is 0 Å². The third-order valence-corrected chi connectivity index (χ3v) is 4.70. The van der Waals surface area contributed by atoms with Gasteiger partial charge in [-0.2, -0.15) is 0 Å². The number of likely N-dealkylation sites (tertiary alicyclic amines) is 1. The predicted molar refractivity (Wildman–Crippen MR) is 98.4 cm³/mol. The molecule has 1 fully saturated rings. The number of amides is 1. The van der Waals surface area contributed by atoms with E-state index in [1.54, 1.807) is 0 Å². The van der Waals surface area contributed by atoms with Crippen molar-refractivity contribution in [2.75, 3.05) is 6.54 Å². The van der Waals surface area contributed by atoms with E-state index < -0.39 is 5.60 Å². The lowest BCUT2D eigenvalue weighted by atomic mass is 9.96. The standard InChI is InChI=1S/C19H29ClN2O2/c1-13(15-8-10-16(20)11-9-15)21-17-7-6-12-22(14(17)2)18(23)24-19(3,4)5/h8-11,13-14,17,21H,6-7,12H2,1-5H3. The van der Waals surface area contributed by atoms with Crippen LogP contribution in [-0.4, -0.2) is 35.2 Å². The Labute approximate surface area is 150 Å². The molecular formula is C19H29ClN2O2. The molecule has 134 valence electrons. The maximum atomic E-state index is 12.4. The zero-order valence-corrected chi connectivity index (χ0v) is 16.1. The van der Waals surface area contributed by atoms with Gasteiger partial charge in [-0.1, -0.05) is 23.7 Å². The van der Waals surface area contributed by atoms with E-state index in [0.717, 1.165) is 24.4 Å². The molecule has 4 nitrogen and oxygen atoms in total. The second kappa shape index (κ2) is 7.75. The van der Waals surface area contributed by atoms with E-state index in [-0.39, 0.29) is 24.2 Å². The maximum Gasteiger partial charge on any atom is 0.410 e. The van der Waals surface area contributed by atoms with Crippen LogP contribution in [0, 0.1) is 0 Å². The van der Waals surface area contributed by atoms with Crippen LogP contribution in [0.4, 0.5) is 4.79 Å². The van der Waals surface area contributed by atoms with Gasteiger partial charge < -0.3 is 15.0 Å². The highest BCUT2D eigenvalue weighted by molar-refractivity contribution is 6.30. The van der Waals surface area contributed by atoms with Crippen LogP contribution >= 0.6 is 11.6 Å². The quantitative estimate of drug-likeness (QED) is 0.851. The van der Waals surface area contributed by atoms with Crippen molar-refractivity contribution in [3.63, 3.8) is 0 Å².